The van der Waals surface area contributed by atoms with Crippen LogP contribution in [-0.2, 0) is 6.42 Å². The van der Waals surface area contributed by atoms with Gasteiger partial charge in [-0.05, 0) is 17.7 Å². The number of aromatic nitrogens is 2. The van der Waals surface area contributed by atoms with Gasteiger partial charge in [0.1, 0.15) is 12.0 Å². The van der Waals surface area contributed by atoms with Crippen molar-refractivity contribution in [3.05, 3.63) is 72.5 Å². The monoisotopic (exact) mass is 264 g/mol. The van der Waals surface area contributed by atoms with E-state index in [1.54, 1.807) is 12.4 Å². The molecule has 0 bridgehead atoms. The molecule has 0 N–H and O–H groups in total. The highest BCUT2D eigenvalue weighted by molar-refractivity contribution is 5.72. The summed E-state index contributed by atoms with van der Waals surface area (Å²) in [7, 11) is 0. The van der Waals surface area contributed by atoms with E-state index < -0.39 is 0 Å². The van der Waals surface area contributed by atoms with Gasteiger partial charge in [0.05, 0.1) is 0 Å². The van der Waals surface area contributed by atoms with Crippen molar-refractivity contribution >= 4 is 6.21 Å². The standard InChI is InChI=1S/C16H16N4/c1-2-6-14(7-3-1)16-19-11-5-12-20(16)13-8-15-17-9-4-10-18-15/h1-7,9-12,16H,8,13H2. The lowest BCUT2D eigenvalue weighted by atomic mass is 10.1. The fourth-order valence-electron chi connectivity index (χ4n) is 2.24. The van der Waals surface area contributed by atoms with Crippen LogP contribution in [0.15, 0.2) is 66.1 Å². The van der Waals surface area contributed by atoms with Gasteiger partial charge in [0, 0.05) is 37.8 Å². The number of nitrogens with zero attached hydrogens (tertiary/aromatic N) is 4. The third kappa shape index (κ3) is 2.91. The number of allylic oxidation sites excluding steroid dienone is 1. The first kappa shape index (κ1) is 12.5. The third-order valence-corrected chi connectivity index (χ3v) is 3.22. The van der Waals surface area contributed by atoms with Crippen molar-refractivity contribution in [3.8, 4) is 0 Å². The Balaban J connectivity index is 1.71. The largest absolute Gasteiger partial charge is 0.352 e. The zero-order valence-corrected chi connectivity index (χ0v) is 11.1. The van der Waals surface area contributed by atoms with E-state index in [9.17, 15) is 0 Å². The van der Waals surface area contributed by atoms with Crippen LogP contribution >= 0.6 is 0 Å². The molecule has 1 unspecified atom stereocenters. The molecule has 1 aromatic carbocycles. The SMILES string of the molecule is C1=CN(CCc2ncccn2)C(c2ccccc2)N=C1. The van der Waals surface area contributed by atoms with E-state index in [0.29, 0.717) is 0 Å². The molecule has 3 rings (SSSR count). The van der Waals surface area contributed by atoms with Gasteiger partial charge in [0.15, 0.2) is 0 Å². The van der Waals surface area contributed by atoms with E-state index in [4.69, 9.17) is 0 Å². The minimum Gasteiger partial charge on any atom is -0.352 e. The van der Waals surface area contributed by atoms with Gasteiger partial charge < -0.3 is 4.90 Å². The zero-order valence-electron chi connectivity index (χ0n) is 11.1. The number of benzene rings is 1. The Kier molecular flexibility index (Phi) is 3.83. The maximum absolute atomic E-state index is 4.57. The predicted octanol–water partition coefficient (Wildman–Crippen LogP) is 2.62. The molecule has 100 valence electrons. The van der Waals surface area contributed by atoms with Crippen LogP contribution in [0.3, 0.4) is 0 Å². The predicted molar refractivity (Wildman–Crippen MR) is 79.3 cm³/mol. The second-order valence-corrected chi connectivity index (χ2v) is 4.58. The van der Waals surface area contributed by atoms with Gasteiger partial charge in [-0.3, -0.25) is 4.99 Å². The number of hydrogen-bond donors (Lipinski definition) is 0. The van der Waals surface area contributed by atoms with Crippen molar-refractivity contribution in [1.29, 1.82) is 0 Å². The second-order valence-electron chi connectivity index (χ2n) is 4.58. The van der Waals surface area contributed by atoms with Crippen LogP contribution in [0.5, 0.6) is 0 Å². The molecule has 1 atom stereocenters. The summed E-state index contributed by atoms with van der Waals surface area (Å²) in [6.07, 6.45) is 10.3. The summed E-state index contributed by atoms with van der Waals surface area (Å²) in [5.41, 5.74) is 1.20. The first-order valence-electron chi connectivity index (χ1n) is 6.70. The molecule has 0 radical (unpaired) electrons. The summed E-state index contributed by atoms with van der Waals surface area (Å²) in [6, 6.07) is 12.2. The molecule has 0 amide bonds. The van der Waals surface area contributed by atoms with Crippen LogP contribution in [0.2, 0.25) is 0 Å². The quantitative estimate of drug-likeness (QED) is 0.852. The van der Waals surface area contributed by atoms with Gasteiger partial charge in [-0.2, -0.15) is 0 Å². The van der Waals surface area contributed by atoms with E-state index in [1.807, 2.05) is 36.6 Å². The average molecular weight is 264 g/mol. The van der Waals surface area contributed by atoms with Gasteiger partial charge >= 0.3 is 0 Å². The van der Waals surface area contributed by atoms with Crippen molar-refractivity contribution in [2.75, 3.05) is 6.54 Å². The molecule has 1 aromatic heterocycles. The number of hydrogen-bond acceptors (Lipinski definition) is 4. The molecule has 0 spiro atoms. The highest BCUT2D eigenvalue weighted by Gasteiger charge is 2.17. The van der Waals surface area contributed by atoms with Crippen molar-refractivity contribution in [2.24, 2.45) is 4.99 Å². The fraction of sp³-hybridized carbons (Fsp3) is 0.188. The first-order chi connectivity index (χ1) is 9.93. The van der Waals surface area contributed by atoms with Crippen molar-refractivity contribution in [1.82, 2.24) is 14.9 Å². The van der Waals surface area contributed by atoms with E-state index >= 15 is 0 Å². The van der Waals surface area contributed by atoms with Crippen molar-refractivity contribution in [2.45, 2.75) is 12.6 Å². The molecule has 20 heavy (non-hydrogen) atoms. The Morgan fingerprint density at radius 1 is 1.00 bits per heavy atom. The Morgan fingerprint density at radius 2 is 1.80 bits per heavy atom. The zero-order chi connectivity index (χ0) is 13.6. The summed E-state index contributed by atoms with van der Waals surface area (Å²) in [5.74, 6) is 0.863. The van der Waals surface area contributed by atoms with Gasteiger partial charge in [-0.1, -0.05) is 30.3 Å². The van der Waals surface area contributed by atoms with E-state index in [1.165, 1.54) is 5.56 Å². The molecule has 1 aliphatic rings. The smallest absolute Gasteiger partial charge is 0.146 e. The molecule has 0 saturated heterocycles. The number of aliphatic imine (C=N–C) groups is 1. The van der Waals surface area contributed by atoms with Crippen LogP contribution in [0.25, 0.3) is 0 Å². The first-order valence-corrected chi connectivity index (χ1v) is 6.70. The molecular weight excluding hydrogens is 248 g/mol. The molecule has 4 heteroatoms. The lowest BCUT2D eigenvalue weighted by Crippen LogP contribution is -2.27. The maximum Gasteiger partial charge on any atom is 0.146 e. The van der Waals surface area contributed by atoms with Gasteiger partial charge in [0.25, 0.3) is 0 Å². The molecule has 1 aliphatic heterocycles. The average Bonchev–Trinajstić information content (AvgIpc) is 2.55. The second kappa shape index (κ2) is 6.10. The Bertz CT molecular complexity index is 592. The highest BCUT2D eigenvalue weighted by atomic mass is 15.2. The molecule has 0 aliphatic carbocycles. The lowest BCUT2D eigenvalue weighted by molar-refractivity contribution is 0.287. The Hall–Kier alpha value is -2.49. The molecule has 0 fully saturated rings. The fourth-order valence-corrected chi connectivity index (χ4v) is 2.24. The van der Waals surface area contributed by atoms with E-state index in [0.717, 1.165) is 18.8 Å². The van der Waals surface area contributed by atoms with Crippen LogP contribution in [0.1, 0.15) is 17.6 Å². The molecule has 4 nitrogen and oxygen atoms in total. The topological polar surface area (TPSA) is 41.4 Å². The number of rotatable bonds is 4. The Morgan fingerprint density at radius 3 is 2.60 bits per heavy atom. The molecule has 0 saturated carbocycles. The summed E-state index contributed by atoms with van der Waals surface area (Å²) >= 11 is 0. The van der Waals surface area contributed by atoms with Gasteiger partial charge in [-0.15, -0.1) is 0 Å². The van der Waals surface area contributed by atoms with Crippen molar-refractivity contribution < 1.29 is 0 Å². The van der Waals surface area contributed by atoms with Crippen LogP contribution in [-0.4, -0.2) is 27.6 Å². The van der Waals surface area contributed by atoms with E-state index in [2.05, 4.69) is 38.2 Å². The highest BCUT2D eigenvalue weighted by Crippen LogP contribution is 2.24. The minimum atomic E-state index is 0.0462. The molecule has 2 aromatic rings. The van der Waals surface area contributed by atoms with Gasteiger partial charge in [0.2, 0.25) is 0 Å². The van der Waals surface area contributed by atoms with Crippen LogP contribution < -0.4 is 0 Å². The minimum absolute atomic E-state index is 0.0462. The molecular formula is C16H16N4. The third-order valence-electron chi connectivity index (χ3n) is 3.22. The van der Waals surface area contributed by atoms with Crippen LogP contribution in [0, 0.1) is 0 Å². The normalized spacial score (nSPS) is 17.4. The van der Waals surface area contributed by atoms with Crippen LogP contribution in [0.4, 0.5) is 0 Å². The summed E-state index contributed by atoms with van der Waals surface area (Å²) in [4.78, 5) is 15.3. The Labute approximate surface area is 118 Å². The van der Waals surface area contributed by atoms with Crippen molar-refractivity contribution in [3.63, 3.8) is 0 Å². The van der Waals surface area contributed by atoms with Gasteiger partial charge in [-0.25, -0.2) is 9.97 Å². The molecule has 2 heterocycles. The van der Waals surface area contributed by atoms with E-state index in [-0.39, 0.29) is 6.17 Å². The maximum atomic E-state index is 4.57. The lowest BCUT2D eigenvalue weighted by Gasteiger charge is -2.29. The summed E-state index contributed by atoms with van der Waals surface area (Å²) < 4.78 is 0. The summed E-state index contributed by atoms with van der Waals surface area (Å²) in [5, 5.41) is 0. The summed E-state index contributed by atoms with van der Waals surface area (Å²) in [6.45, 7) is 0.845.